The summed E-state index contributed by atoms with van der Waals surface area (Å²) in [6.07, 6.45) is 0. The lowest BCUT2D eigenvalue weighted by molar-refractivity contribution is 0.661. The van der Waals surface area contributed by atoms with Crippen LogP contribution in [0.5, 0.6) is 0 Å². The summed E-state index contributed by atoms with van der Waals surface area (Å²) in [5, 5.41) is 13.0. The molecule has 0 spiro atoms. The lowest BCUT2D eigenvalue weighted by Crippen LogP contribution is -2.14. The van der Waals surface area contributed by atoms with E-state index in [0.29, 0.717) is 0 Å². The highest BCUT2D eigenvalue weighted by atomic mass is 32.1. The summed E-state index contributed by atoms with van der Waals surface area (Å²) in [4.78, 5) is 0. The first kappa shape index (κ1) is 43.2. The fraction of sp³-hybridized carbons (Fsp3) is 0.0811. The smallest absolute Gasteiger partial charge is 0.0541 e. The van der Waals surface area contributed by atoms with Crippen LogP contribution < -0.4 is 0 Å². The zero-order valence-electron chi connectivity index (χ0n) is 43.2. The van der Waals surface area contributed by atoms with E-state index in [9.17, 15) is 0 Å². The van der Waals surface area contributed by atoms with Gasteiger partial charge in [0.25, 0.3) is 0 Å². The Balaban J connectivity index is 0.990. The molecule has 2 aliphatic carbocycles. The Morgan fingerprint density at radius 2 is 0.662 bits per heavy atom. The molecule has 0 saturated heterocycles. The van der Waals surface area contributed by atoms with Gasteiger partial charge in [0.2, 0.25) is 0 Å². The van der Waals surface area contributed by atoms with E-state index in [2.05, 4.69) is 267 Å². The molecule has 0 fully saturated rings. The van der Waals surface area contributed by atoms with E-state index < -0.39 is 0 Å². The van der Waals surface area contributed by atoms with Crippen molar-refractivity contribution in [3.05, 3.63) is 253 Å². The van der Waals surface area contributed by atoms with Gasteiger partial charge >= 0.3 is 0 Å². The summed E-state index contributed by atoms with van der Waals surface area (Å²) in [5.74, 6) is 0. The molecule has 0 bridgehead atoms. The van der Waals surface area contributed by atoms with Crippen LogP contribution in [0.2, 0.25) is 0 Å². The molecular weight excluding hydrogens is 949 g/mol. The number of nitrogens with zero attached hydrogens (tertiary/aromatic N) is 2. The maximum atomic E-state index is 2.60. The maximum absolute atomic E-state index is 2.60. The first-order chi connectivity index (χ1) is 37.7. The van der Waals surface area contributed by atoms with Crippen molar-refractivity contribution in [3.63, 3.8) is 0 Å². The van der Waals surface area contributed by atoms with Crippen molar-refractivity contribution in [2.24, 2.45) is 0 Å². The number of para-hydroxylation sites is 4. The van der Waals surface area contributed by atoms with Crippen LogP contribution in [-0.2, 0) is 10.8 Å². The topological polar surface area (TPSA) is 9.86 Å². The second kappa shape index (κ2) is 15.3. The molecule has 3 heterocycles. The molecule has 362 valence electrons. The van der Waals surface area contributed by atoms with E-state index in [-0.39, 0.29) is 10.8 Å². The fourth-order valence-corrected chi connectivity index (χ4v) is 15.7. The van der Waals surface area contributed by atoms with E-state index in [1.165, 1.54) is 163 Å². The van der Waals surface area contributed by atoms with Gasteiger partial charge in [-0.25, -0.2) is 0 Å². The van der Waals surface area contributed by atoms with Crippen LogP contribution in [0.25, 0.3) is 141 Å². The maximum Gasteiger partial charge on any atom is 0.0541 e. The molecular formula is C74H50N2S. The quantitative estimate of drug-likeness (QED) is 0.166. The summed E-state index contributed by atoms with van der Waals surface area (Å²) >= 11 is 1.96. The van der Waals surface area contributed by atoms with Gasteiger partial charge in [-0.3, -0.25) is 0 Å². The number of fused-ring (bicyclic) bond motifs is 19. The molecule has 77 heavy (non-hydrogen) atoms. The third-order valence-corrected chi connectivity index (χ3v) is 19.2. The molecule has 3 aromatic heterocycles. The first-order valence-corrected chi connectivity index (χ1v) is 27.9. The second-order valence-electron chi connectivity index (χ2n) is 22.8. The van der Waals surface area contributed by atoms with Gasteiger partial charge in [-0.05, 0) is 185 Å². The number of rotatable bonds is 4. The third-order valence-electron chi connectivity index (χ3n) is 18.1. The van der Waals surface area contributed by atoms with Gasteiger partial charge in [-0.1, -0.05) is 161 Å². The molecule has 17 rings (SSSR count). The Kier molecular flexibility index (Phi) is 8.60. The van der Waals surface area contributed by atoms with Crippen LogP contribution in [0, 0.1) is 0 Å². The lowest BCUT2D eigenvalue weighted by Gasteiger charge is -2.23. The largest absolute Gasteiger partial charge is 0.309 e. The van der Waals surface area contributed by atoms with Crippen molar-refractivity contribution in [3.8, 4) is 55.9 Å². The summed E-state index contributed by atoms with van der Waals surface area (Å²) in [6.45, 7) is 9.69. The number of aromatic nitrogens is 2. The Morgan fingerprint density at radius 1 is 0.273 bits per heavy atom. The van der Waals surface area contributed by atoms with Gasteiger partial charge in [0.1, 0.15) is 0 Å². The predicted molar refractivity (Wildman–Crippen MR) is 329 cm³/mol. The number of thiophene rings is 1. The molecule has 0 atom stereocenters. The summed E-state index contributed by atoms with van der Waals surface area (Å²) in [5.41, 5.74) is 22.8. The first-order valence-electron chi connectivity index (χ1n) is 27.1. The van der Waals surface area contributed by atoms with Crippen LogP contribution >= 0.6 is 11.3 Å². The van der Waals surface area contributed by atoms with Crippen molar-refractivity contribution in [2.45, 2.75) is 38.5 Å². The Hall–Kier alpha value is -9.02. The molecule has 0 radical (unpaired) electrons. The zero-order chi connectivity index (χ0) is 51.1. The van der Waals surface area contributed by atoms with Crippen molar-refractivity contribution >= 4 is 96.7 Å². The van der Waals surface area contributed by atoms with Gasteiger partial charge in [-0.2, -0.15) is 0 Å². The Morgan fingerprint density at radius 3 is 1.12 bits per heavy atom. The van der Waals surface area contributed by atoms with Crippen molar-refractivity contribution in [1.29, 1.82) is 0 Å². The van der Waals surface area contributed by atoms with Gasteiger partial charge in [0, 0.05) is 63.9 Å². The van der Waals surface area contributed by atoms with E-state index in [4.69, 9.17) is 0 Å². The minimum Gasteiger partial charge on any atom is -0.309 e. The molecule has 2 aliphatic rings. The van der Waals surface area contributed by atoms with E-state index in [1.807, 2.05) is 11.3 Å². The third kappa shape index (κ3) is 5.79. The van der Waals surface area contributed by atoms with Crippen LogP contribution in [-0.4, -0.2) is 9.13 Å². The number of hydrogen-bond acceptors (Lipinski definition) is 1. The van der Waals surface area contributed by atoms with E-state index in [0.717, 1.165) is 0 Å². The Bertz CT molecular complexity index is 4760. The summed E-state index contributed by atoms with van der Waals surface area (Å²) in [7, 11) is 0. The van der Waals surface area contributed by atoms with Gasteiger partial charge in [0.05, 0.1) is 22.1 Å². The van der Waals surface area contributed by atoms with Crippen molar-refractivity contribution < 1.29 is 0 Å². The molecule has 0 N–H and O–H groups in total. The SMILES string of the molecule is CC1(C)c2ccccc2-c2cc3c(-c4ccc5c(c4)c4ccccc4n5-c4ccccc4)cc4sc5cc(-c6ccc7c(c6)c6ccccc6n7-c6ccccc6)c6cc7c(cc6c5c4c3cc21)C(C)(C)c1ccccc1-7. The monoisotopic (exact) mass is 998 g/mol. The highest BCUT2D eigenvalue weighted by Crippen LogP contribution is 2.56. The summed E-state index contributed by atoms with van der Waals surface area (Å²) in [6, 6.07) is 87.4. The van der Waals surface area contributed by atoms with Crippen molar-refractivity contribution in [1.82, 2.24) is 9.13 Å². The van der Waals surface area contributed by atoms with E-state index in [1.54, 1.807) is 0 Å². The van der Waals surface area contributed by atoms with Gasteiger partial charge < -0.3 is 9.13 Å². The molecule has 2 nitrogen and oxygen atoms in total. The average Bonchev–Trinajstić information content (AvgIpc) is 4.24. The zero-order valence-corrected chi connectivity index (χ0v) is 44.1. The highest BCUT2D eigenvalue weighted by molar-refractivity contribution is 7.26. The molecule has 0 aliphatic heterocycles. The van der Waals surface area contributed by atoms with Crippen LogP contribution in [0.4, 0.5) is 0 Å². The molecule has 0 saturated carbocycles. The molecule has 3 heteroatoms. The standard InChI is InChI=1S/C74H50N2S/c1-73(2)61-27-15-11-23-47(61)55-37-53-51(43-31-33-67-57(35-43)49-25-13-17-29-65(49)75(67)45-19-7-5-8-20-45)41-69-71(59(53)39-63(55)73)72-60-40-64-56(48-24-12-16-28-62(48)74(64,3)4)38-54(60)52(42-70(72)77-69)44-32-34-68-58(36-44)50-26-14-18-30-66(50)76(68)46-21-9-6-10-22-46/h5-42H,1-4H3. The summed E-state index contributed by atoms with van der Waals surface area (Å²) < 4.78 is 7.47. The van der Waals surface area contributed by atoms with Gasteiger partial charge in [-0.15, -0.1) is 11.3 Å². The predicted octanol–water partition coefficient (Wildman–Crippen LogP) is 20.5. The Labute approximate surface area is 450 Å². The molecule has 12 aromatic carbocycles. The molecule has 15 aromatic rings. The highest BCUT2D eigenvalue weighted by Gasteiger charge is 2.38. The molecule has 0 amide bonds. The normalized spacial score (nSPS) is 14.2. The molecule has 0 unspecified atom stereocenters. The number of hydrogen-bond donors (Lipinski definition) is 0. The lowest BCUT2D eigenvalue weighted by atomic mass is 9.80. The minimum absolute atomic E-state index is 0.166. The van der Waals surface area contributed by atoms with Gasteiger partial charge in [0.15, 0.2) is 0 Å². The van der Waals surface area contributed by atoms with Crippen LogP contribution in [0.3, 0.4) is 0 Å². The van der Waals surface area contributed by atoms with Crippen LogP contribution in [0.1, 0.15) is 49.9 Å². The van der Waals surface area contributed by atoms with E-state index >= 15 is 0 Å². The van der Waals surface area contributed by atoms with Crippen LogP contribution in [0.15, 0.2) is 231 Å². The fourth-order valence-electron chi connectivity index (χ4n) is 14.4. The van der Waals surface area contributed by atoms with Crippen molar-refractivity contribution in [2.75, 3.05) is 0 Å². The number of benzene rings is 12. The second-order valence-corrected chi connectivity index (χ2v) is 23.8. The minimum atomic E-state index is -0.166. The average molecular weight is 999 g/mol.